The van der Waals surface area contributed by atoms with Gasteiger partial charge in [0.05, 0.1) is 12.7 Å². The number of nitrogens with zero attached hydrogens (tertiary/aromatic N) is 3. The maximum Gasteiger partial charge on any atom is 0.308 e. The molecule has 9 heteroatoms. The van der Waals surface area contributed by atoms with Crippen LogP contribution in [0.4, 0.5) is 0 Å². The Kier molecular flexibility index (Phi) is 5.41. The summed E-state index contributed by atoms with van der Waals surface area (Å²) in [6.45, 7) is 2.70. The van der Waals surface area contributed by atoms with E-state index >= 15 is 0 Å². The van der Waals surface area contributed by atoms with Gasteiger partial charge in [0.15, 0.2) is 11.5 Å². The average molecular weight is 434 g/mol. The zero-order valence-corrected chi connectivity index (χ0v) is 16.4. The number of carbonyl (C=O) groups excluding carboxylic acids is 2. The lowest BCUT2D eigenvalue weighted by molar-refractivity contribution is -0.135. The van der Waals surface area contributed by atoms with Crippen LogP contribution >= 0.6 is 15.9 Å². The lowest BCUT2D eigenvalue weighted by Crippen LogP contribution is -2.25. The number of benzene rings is 1. The van der Waals surface area contributed by atoms with Gasteiger partial charge in [0, 0.05) is 36.3 Å². The number of carbonyl (C=O) groups is 2. The number of pyridine rings is 1. The molecule has 0 radical (unpaired) electrons. The summed E-state index contributed by atoms with van der Waals surface area (Å²) in [5.41, 5.74) is 1.24. The van der Waals surface area contributed by atoms with E-state index in [2.05, 4.69) is 26.0 Å². The standard InChI is InChI=1S/C18H16BrN3O5/c1-10(23)22-18(27-17(21-22)13-6-14(19)9-20-8-13)12-4-5-15(26-11(2)24)16(7-12)25-3/h4-9,18H,1-3H3/t18-/m0/s1. The summed E-state index contributed by atoms with van der Waals surface area (Å²) in [7, 11) is 1.46. The van der Waals surface area contributed by atoms with Crippen molar-refractivity contribution in [2.45, 2.75) is 20.1 Å². The quantitative estimate of drug-likeness (QED) is 0.543. The highest BCUT2D eigenvalue weighted by atomic mass is 79.9. The van der Waals surface area contributed by atoms with E-state index in [1.54, 1.807) is 36.7 Å². The molecule has 140 valence electrons. The minimum Gasteiger partial charge on any atom is -0.493 e. The SMILES string of the molecule is COc1cc([C@@H]2OC(c3cncc(Br)c3)=NN2C(C)=O)ccc1OC(C)=O. The van der Waals surface area contributed by atoms with Crippen molar-refractivity contribution >= 4 is 33.7 Å². The summed E-state index contributed by atoms with van der Waals surface area (Å²) in [6, 6.07) is 6.68. The van der Waals surface area contributed by atoms with Gasteiger partial charge < -0.3 is 14.2 Å². The maximum absolute atomic E-state index is 12.1. The van der Waals surface area contributed by atoms with Crippen molar-refractivity contribution in [2.75, 3.05) is 7.11 Å². The molecule has 2 heterocycles. The van der Waals surface area contributed by atoms with E-state index in [0.29, 0.717) is 16.9 Å². The highest BCUT2D eigenvalue weighted by molar-refractivity contribution is 9.10. The zero-order valence-electron chi connectivity index (χ0n) is 14.8. The van der Waals surface area contributed by atoms with Gasteiger partial charge in [0.1, 0.15) is 0 Å². The fourth-order valence-electron chi connectivity index (χ4n) is 2.51. The Morgan fingerprint density at radius 3 is 2.59 bits per heavy atom. The second kappa shape index (κ2) is 7.75. The van der Waals surface area contributed by atoms with Crippen LogP contribution in [-0.4, -0.2) is 34.9 Å². The van der Waals surface area contributed by atoms with Crippen LogP contribution < -0.4 is 9.47 Å². The molecule has 8 nitrogen and oxygen atoms in total. The molecular formula is C18H16BrN3O5. The van der Waals surface area contributed by atoms with Gasteiger partial charge in [-0.05, 0) is 40.2 Å². The van der Waals surface area contributed by atoms with Crippen molar-refractivity contribution < 1.29 is 23.8 Å². The summed E-state index contributed by atoms with van der Waals surface area (Å²) >= 11 is 3.35. The molecule has 1 aromatic carbocycles. The lowest BCUT2D eigenvalue weighted by atomic mass is 10.1. The first-order valence-electron chi connectivity index (χ1n) is 7.91. The van der Waals surface area contributed by atoms with Crippen LogP contribution in [-0.2, 0) is 14.3 Å². The summed E-state index contributed by atoms with van der Waals surface area (Å²) in [5, 5.41) is 5.51. The van der Waals surface area contributed by atoms with Crippen molar-refractivity contribution in [3.8, 4) is 11.5 Å². The predicted molar refractivity (Wildman–Crippen MR) is 99.1 cm³/mol. The molecule has 0 aliphatic carbocycles. The van der Waals surface area contributed by atoms with Gasteiger partial charge in [-0.15, -0.1) is 5.10 Å². The number of esters is 1. The maximum atomic E-state index is 12.1. The van der Waals surface area contributed by atoms with Gasteiger partial charge in [-0.25, -0.2) is 0 Å². The molecule has 0 unspecified atom stereocenters. The third kappa shape index (κ3) is 4.08. The number of rotatable bonds is 4. The Bertz CT molecular complexity index is 931. The van der Waals surface area contributed by atoms with Gasteiger partial charge in [-0.3, -0.25) is 14.6 Å². The van der Waals surface area contributed by atoms with Crippen molar-refractivity contribution in [2.24, 2.45) is 5.10 Å². The molecule has 3 rings (SSSR count). The Hall–Kier alpha value is -2.94. The van der Waals surface area contributed by atoms with Crippen LogP contribution in [0, 0.1) is 0 Å². The molecule has 0 saturated carbocycles. The van der Waals surface area contributed by atoms with Crippen LogP contribution in [0.2, 0.25) is 0 Å². The molecule has 1 aliphatic rings. The smallest absolute Gasteiger partial charge is 0.308 e. The average Bonchev–Trinajstić information content (AvgIpc) is 3.07. The van der Waals surface area contributed by atoms with Gasteiger partial charge in [-0.2, -0.15) is 5.01 Å². The minimum absolute atomic E-state index is 0.270. The van der Waals surface area contributed by atoms with Gasteiger partial charge in [-0.1, -0.05) is 0 Å². The number of aromatic nitrogens is 1. The number of hydrogen-bond acceptors (Lipinski definition) is 7. The summed E-state index contributed by atoms with van der Waals surface area (Å²) in [4.78, 5) is 27.3. The summed E-state index contributed by atoms with van der Waals surface area (Å²) < 4.78 is 17.1. The zero-order chi connectivity index (χ0) is 19.6. The van der Waals surface area contributed by atoms with Crippen molar-refractivity contribution in [3.63, 3.8) is 0 Å². The molecule has 0 spiro atoms. The van der Waals surface area contributed by atoms with Crippen LogP contribution in [0.25, 0.3) is 0 Å². The molecular weight excluding hydrogens is 418 g/mol. The van der Waals surface area contributed by atoms with E-state index in [-0.39, 0.29) is 17.6 Å². The summed E-state index contributed by atoms with van der Waals surface area (Å²) in [6.07, 6.45) is 2.45. The fraction of sp³-hybridized carbons (Fsp3) is 0.222. The van der Waals surface area contributed by atoms with Gasteiger partial charge in [0.2, 0.25) is 18.0 Å². The first-order chi connectivity index (χ1) is 12.9. The molecule has 2 aromatic rings. The Labute approximate surface area is 163 Å². The number of amides is 1. The Morgan fingerprint density at radius 2 is 1.96 bits per heavy atom. The fourth-order valence-corrected chi connectivity index (χ4v) is 2.87. The molecule has 0 bridgehead atoms. The van der Waals surface area contributed by atoms with Crippen LogP contribution in [0.15, 0.2) is 46.2 Å². The monoisotopic (exact) mass is 433 g/mol. The Balaban J connectivity index is 1.94. The number of ether oxygens (including phenoxy) is 3. The molecule has 27 heavy (non-hydrogen) atoms. The minimum atomic E-state index is -0.781. The van der Waals surface area contributed by atoms with Crippen LogP contribution in [0.3, 0.4) is 0 Å². The number of hydrazone groups is 1. The highest BCUT2D eigenvalue weighted by Gasteiger charge is 2.34. The highest BCUT2D eigenvalue weighted by Crippen LogP contribution is 2.36. The van der Waals surface area contributed by atoms with Gasteiger partial charge in [0.25, 0.3) is 0 Å². The van der Waals surface area contributed by atoms with Gasteiger partial charge >= 0.3 is 5.97 Å². The first-order valence-corrected chi connectivity index (χ1v) is 8.70. The topological polar surface area (TPSA) is 90.3 Å². The van der Waals surface area contributed by atoms with Crippen LogP contribution in [0.1, 0.15) is 31.2 Å². The number of halogens is 1. The van der Waals surface area contributed by atoms with E-state index in [0.717, 1.165) is 4.47 Å². The normalized spacial score (nSPS) is 15.8. The van der Waals surface area contributed by atoms with E-state index < -0.39 is 12.2 Å². The van der Waals surface area contributed by atoms with E-state index in [1.165, 1.54) is 26.0 Å². The molecule has 1 atom stereocenters. The third-order valence-corrected chi connectivity index (χ3v) is 4.08. The molecule has 1 aliphatic heterocycles. The van der Waals surface area contributed by atoms with E-state index in [4.69, 9.17) is 14.2 Å². The van der Waals surface area contributed by atoms with Crippen molar-refractivity contribution in [3.05, 3.63) is 52.3 Å². The number of hydrogen-bond donors (Lipinski definition) is 0. The van der Waals surface area contributed by atoms with E-state index in [9.17, 15) is 9.59 Å². The third-order valence-electron chi connectivity index (χ3n) is 3.64. The largest absolute Gasteiger partial charge is 0.493 e. The number of methoxy groups -OCH3 is 1. The van der Waals surface area contributed by atoms with E-state index in [1.807, 2.05) is 0 Å². The summed E-state index contributed by atoms with van der Waals surface area (Å²) in [5.74, 6) is 0.134. The predicted octanol–water partition coefficient (Wildman–Crippen LogP) is 3.02. The second-order valence-electron chi connectivity index (χ2n) is 5.63. The van der Waals surface area contributed by atoms with Crippen molar-refractivity contribution in [1.82, 2.24) is 9.99 Å². The molecule has 1 aromatic heterocycles. The molecule has 0 N–H and O–H groups in total. The van der Waals surface area contributed by atoms with Crippen LogP contribution in [0.5, 0.6) is 11.5 Å². The van der Waals surface area contributed by atoms with Crippen molar-refractivity contribution in [1.29, 1.82) is 0 Å². The first kappa shape index (κ1) is 18.8. The second-order valence-corrected chi connectivity index (χ2v) is 6.55. The molecule has 0 fully saturated rings. The lowest BCUT2D eigenvalue weighted by Gasteiger charge is -2.20. The molecule has 0 saturated heterocycles. The Morgan fingerprint density at radius 1 is 1.19 bits per heavy atom. The molecule has 1 amide bonds.